The molecule has 0 bridgehead atoms. The molecule has 0 aromatic rings. The monoisotopic (exact) mass is 320 g/mol. The van der Waals surface area contributed by atoms with Crippen molar-refractivity contribution in [3.63, 3.8) is 0 Å². The molecule has 0 amide bonds. The Hall–Kier alpha value is -0.250. The molecule has 1 N–H and O–H groups in total. The number of ether oxygens (including phenoxy) is 3. The van der Waals surface area contributed by atoms with Crippen molar-refractivity contribution in [2.45, 2.75) is 24.5 Å². The van der Waals surface area contributed by atoms with Gasteiger partial charge in [0.15, 0.2) is 0 Å². The first-order valence-electron chi connectivity index (χ1n) is 7.62. The molecule has 3 saturated heterocycles. The molecule has 3 fully saturated rings. The van der Waals surface area contributed by atoms with Crippen LogP contribution in [0.1, 0.15) is 12.8 Å². The standard InChI is InChI=1S/C13H24N2O5S/c16-21(17,10-12-9-18-7-8-19-12)15-4-1-13(2-5-15)11-14-3-6-20-13/h12,14H,1-11H2. The van der Waals surface area contributed by atoms with Gasteiger partial charge in [-0.25, -0.2) is 12.7 Å². The lowest BCUT2D eigenvalue weighted by Crippen LogP contribution is -2.57. The Morgan fingerprint density at radius 2 is 2.00 bits per heavy atom. The molecule has 122 valence electrons. The van der Waals surface area contributed by atoms with E-state index in [0.717, 1.165) is 25.9 Å². The van der Waals surface area contributed by atoms with Crippen molar-refractivity contribution in [1.29, 1.82) is 0 Å². The Balaban J connectivity index is 1.54. The summed E-state index contributed by atoms with van der Waals surface area (Å²) in [6, 6.07) is 0. The summed E-state index contributed by atoms with van der Waals surface area (Å²) >= 11 is 0. The zero-order chi connectivity index (χ0) is 14.8. The highest BCUT2D eigenvalue weighted by Gasteiger charge is 2.40. The molecule has 0 saturated carbocycles. The summed E-state index contributed by atoms with van der Waals surface area (Å²) in [5, 5.41) is 3.34. The topological polar surface area (TPSA) is 77.1 Å². The first-order chi connectivity index (χ1) is 10.1. The second-order valence-corrected chi connectivity index (χ2v) is 7.97. The fraction of sp³-hybridized carbons (Fsp3) is 1.00. The van der Waals surface area contributed by atoms with Gasteiger partial charge in [-0.15, -0.1) is 0 Å². The van der Waals surface area contributed by atoms with Crippen molar-refractivity contribution in [2.24, 2.45) is 0 Å². The fourth-order valence-corrected chi connectivity index (χ4v) is 4.79. The van der Waals surface area contributed by atoms with E-state index in [1.807, 2.05) is 0 Å². The van der Waals surface area contributed by atoms with E-state index in [-0.39, 0.29) is 17.5 Å². The summed E-state index contributed by atoms with van der Waals surface area (Å²) < 4.78 is 43.1. The van der Waals surface area contributed by atoms with Crippen molar-refractivity contribution in [3.05, 3.63) is 0 Å². The van der Waals surface area contributed by atoms with Crippen LogP contribution in [-0.2, 0) is 24.2 Å². The van der Waals surface area contributed by atoms with Gasteiger partial charge in [0.25, 0.3) is 0 Å². The smallest absolute Gasteiger partial charge is 0.216 e. The zero-order valence-corrected chi connectivity index (χ0v) is 13.1. The second-order valence-electron chi connectivity index (χ2n) is 5.95. The first kappa shape index (κ1) is 15.6. The number of nitrogens with zero attached hydrogens (tertiary/aromatic N) is 1. The predicted molar refractivity (Wildman–Crippen MR) is 76.7 cm³/mol. The van der Waals surface area contributed by atoms with Crippen LogP contribution in [-0.4, -0.2) is 82.8 Å². The van der Waals surface area contributed by atoms with Crippen molar-refractivity contribution >= 4 is 10.0 Å². The molecule has 3 heterocycles. The normalized spacial score (nSPS) is 31.3. The predicted octanol–water partition coefficient (Wildman–Crippen LogP) is -0.814. The molecule has 3 aliphatic rings. The Kier molecular flexibility index (Phi) is 4.82. The highest BCUT2D eigenvalue weighted by Crippen LogP contribution is 2.29. The van der Waals surface area contributed by atoms with Gasteiger partial charge in [0.1, 0.15) is 0 Å². The van der Waals surface area contributed by atoms with Crippen LogP contribution in [0.5, 0.6) is 0 Å². The molecule has 0 aromatic carbocycles. The van der Waals surface area contributed by atoms with Crippen molar-refractivity contribution in [2.75, 3.05) is 58.4 Å². The van der Waals surface area contributed by atoms with Gasteiger partial charge in [-0.2, -0.15) is 0 Å². The van der Waals surface area contributed by atoms with Gasteiger partial charge in [-0.05, 0) is 12.8 Å². The van der Waals surface area contributed by atoms with E-state index in [4.69, 9.17) is 14.2 Å². The van der Waals surface area contributed by atoms with E-state index >= 15 is 0 Å². The molecular formula is C13H24N2O5S. The Morgan fingerprint density at radius 1 is 1.19 bits per heavy atom. The third kappa shape index (κ3) is 3.75. The van der Waals surface area contributed by atoms with Crippen molar-refractivity contribution in [3.8, 4) is 0 Å². The van der Waals surface area contributed by atoms with E-state index in [1.165, 1.54) is 0 Å². The Morgan fingerprint density at radius 3 is 2.62 bits per heavy atom. The molecule has 1 unspecified atom stereocenters. The Labute approximate surface area is 126 Å². The van der Waals surface area contributed by atoms with Crippen LogP contribution < -0.4 is 5.32 Å². The third-order valence-corrected chi connectivity index (χ3v) is 6.39. The quantitative estimate of drug-likeness (QED) is 0.733. The van der Waals surface area contributed by atoms with Crippen molar-refractivity contribution in [1.82, 2.24) is 9.62 Å². The maximum Gasteiger partial charge on any atom is 0.216 e. The number of hydrogen-bond acceptors (Lipinski definition) is 6. The van der Waals surface area contributed by atoms with E-state index in [1.54, 1.807) is 4.31 Å². The van der Waals surface area contributed by atoms with Crippen LogP contribution >= 0.6 is 0 Å². The van der Waals surface area contributed by atoms with Gasteiger partial charge < -0.3 is 19.5 Å². The maximum atomic E-state index is 12.5. The number of sulfonamides is 1. The van der Waals surface area contributed by atoms with Crippen LogP contribution in [0.4, 0.5) is 0 Å². The Bertz CT molecular complexity index is 433. The van der Waals surface area contributed by atoms with Crippen molar-refractivity contribution < 1.29 is 22.6 Å². The fourth-order valence-electron chi connectivity index (χ4n) is 3.17. The summed E-state index contributed by atoms with van der Waals surface area (Å²) in [5.74, 6) is 0.0130. The molecule has 7 nitrogen and oxygen atoms in total. The summed E-state index contributed by atoms with van der Waals surface area (Å²) in [7, 11) is -3.29. The summed E-state index contributed by atoms with van der Waals surface area (Å²) in [4.78, 5) is 0. The molecule has 3 aliphatic heterocycles. The van der Waals surface area contributed by atoms with Gasteiger partial charge in [0.2, 0.25) is 10.0 Å². The average molecular weight is 320 g/mol. The van der Waals surface area contributed by atoms with Crippen LogP contribution in [0.3, 0.4) is 0 Å². The molecule has 1 spiro atoms. The van der Waals surface area contributed by atoms with Crippen LogP contribution in [0, 0.1) is 0 Å². The summed E-state index contributed by atoms with van der Waals surface area (Å²) in [6.07, 6.45) is 1.16. The largest absolute Gasteiger partial charge is 0.376 e. The highest BCUT2D eigenvalue weighted by atomic mass is 32.2. The molecule has 1 atom stereocenters. The minimum absolute atomic E-state index is 0.0130. The van der Waals surface area contributed by atoms with E-state index in [9.17, 15) is 8.42 Å². The minimum Gasteiger partial charge on any atom is -0.376 e. The first-order valence-corrected chi connectivity index (χ1v) is 9.22. The van der Waals surface area contributed by atoms with Crippen LogP contribution in [0.15, 0.2) is 0 Å². The van der Waals surface area contributed by atoms with Gasteiger partial charge in [-0.3, -0.25) is 0 Å². The number of rotatable bonds is 3. The molecule has 0 aliphatic carbocycles. The SMILES string of the molecule is O=S(=O)(CC1COCCO1)N1CCC2(CC1)CNCCO2. The van der Waals surface area contributed by atoms with E-state index < -0.39 is 10.0 Å². The number of hydrogen-bond donors (Lipinski definition) is 1. The highest BCUT2D eigenvalue weighted by molar-refractivity contribution is 7.89. The molecular weight excluding hydrogens is 296 g/mol. The van der Waals surface area contributed by atoms with E-state index in [0.29, 0.717) is 39.5 Å². The third-order valence-electron chi connectivity index (χ3n) is 4.44. The van der Waals surface area contributed by atoms with Gasteiger partial charge >= 0.3 is 0 Å². The van der Waals surface area contributed by atoms with Gasteiger partial charge in [-0.1, -0.05) is 0 Å². The lowest BCUT2D eigenvalue weighted by molar-refractivity contribution is -0.0922. The number of morpholine rings is 1. The molecule has 3 rings (SSSR count). The lowest BCUT2D eigenvalue weighted by Gasteiger charge is -2.43. The second kappa shape index (κ2) is 6.47. The summed E-state index contributed by atoms with van der Waals surface area (Å²) in [5.41, 5.74) is -0.172. The van der Waals surface area contributed by atoms with Crippen LogP contribution in [0.25, 0.3) is 0 Å². The maximum absolute atomic E-state index is 12.5. The average Bonchev–Trinajstić information content (AvgIpc) is 2.49. The molecule has 21 heavy (non-hydrogen) atoms. The lowest BCUT2D eigenvalue weighted by atomic mass is 9.91. The van der Waals surface area contributed by atoms with Gasteiger partial charge in [0, 0.05) is 26.2 Å². The van der Waals surface area contributed by atoms with Crippen LogP contribution in [0.2, 0.25) is 0 Å². The zero-order valence-electron chi connectivity index (χ0n) is 12.3. The minimum atomic E-state index is -3.29. The molecule has 0 aromatic heterocycles. The number of nitrogens with one attached hydrogen (secondary N) is 1. The molecule has 8 heteroatoms. The van der Waals surface area contributed by atoms with E-state index in [2.05, 4.69) is 5.32 Å². The van der Waals surface area contributed by atoms with Gasteiger partial charge in [0.05, 0.1) is 43.9 Å². The molecule has 0 radical (unpaired) electrons. The summed E-state index contributed by atoms with van der Waals surface area (Å²) in [6.45, 7) is 4.85. The number of piperidine rings is 1.